The Morgan fingerprint density at radius 3 is 3.00 bits per heavy atom. The quantitative estimate of drug-likeness (QED) is 0.687. The molecule has 0 aliphatic carbocycles. The van der Waals surface area contributed by atoms with E-state index in [1.807, 2.05) is 0 Å². The summed E-state index contributed by atoms with van der Waals surface area (Å²) in [5.74, 6) is 0.528. The maximum absolute atomic E-state index is 4.37. The SMILES string of the molecule is CC(C)c1n[nH]c2c1CNCCC2. The van der Waals surface area contributed by atoms with Gasteiger partial charge >= 0.3 is 0 Å². The van der Waals surface area contributed by atoms with Crippen LogP contribution >= 0.6 is 0 Å². The molecular weight excluding hydrogens is 162 g/mol. The van der Waals surface area contributed by atoms with Crippen molar-refractivity contribution in [3.05, 3.63) is 17.0 Å². The largest absolute Gasteiger partial charge is 0.313 e. The monoisotopic (exact) mass is 179 g/mol. The molecule has 0 amide bonds. The third kappa shape index (κ3) is 1.61. The first-order valence-electron chi connectivity index (χ1n) is 5.05. The van der Waals surface area contributed by atoms with Crippen molar-refractivity contribution in [2.75, 3.05) is 6.54 Å². The van der Waals surface area contributed by atoms with Crippen LogP contribution in [0.1, 0.15) is 43.1 Å². The molecule has 1 aliphatic rings. The molecule has 1 aromatic rings. The number of aromatic nitrogens is 2. The number of aromatic amines is 1. The average molecular weight is 179 g/mol. The Morgan fingerprint density at radius 1 is 1.38 bits per heavy atom. The number of H-pyrrole nitrogens is 1. The molecule has 72 valence electrons. The summed E-state index contributed by atoms with van der Waals surface area (Å²) in [4.78, 5) is 0. The summed E-state index contributed by atoms with van der Waals surface area (Å²) in [7, 11) is 0. The van der Waals surface area contributed by atoms with E-state index in [1.165, 1.54) is 23.4 Å². The van der Waals surface area contributed by atoms with Crippen molar-refractivity contribution in [3.63, 3.8) is 0 Å². The Bertz CT molecular complexity index is 288. The van der Waals surface area contributed by atoms with Gasteiger partial charge in [0.05, 0.1) is 5.69 Å². The zero-order chi connectivity index (χ0) is 9.26. The van der Waals surface area contributed by atoms with Crippen LogP contribution in [0.2, 0.25) is 0 Å². The number of hydrogen-bond donors (Lipinski definition) is 2. The van der Waals surface area contributed by atoms with Gasteiger partial charge in [-0.15, -0.1) is 0 Å². The average Bonchev–Trinajstić information content (AvgIpc) is 2.36. The van der Waals surface area contributed by atoms with Gasteiger partial charge in [-0.2, -0.15) is 5.10 Å². The molecule has 2 N–H and O–H groups in total. The van der Waals surface area contributed by atoms with E-state index in [1.54, 1.807) is 0 Å². The Balaban J connectivity index is 2.34. The van der Waals surface area contributed by atoms with Gasteiger partial charge in [0.25, 0.3) is 0 Å². The van der Waals surface area contributed by atoms with Gasteiger partial charge in [0.2, 0.25) is 0 Å². The van der Waals surface area contributed by atoms with Gasteiger partial charge < -0.3 is 5.32 Å². The highest BCUT2D eigenvalue weighted by Gasteiger charge is 2.16. The summed E-state index contributed by atoms with van der Waals surface area (Å²) in [6, 6.07) is 0. The van der Waals surface area contributed by atoms with Gasteiger partial charge in [-0.25, -0.2) is 0 Å². The lowest BCUT2D eigenvalue weighted by molar-refractivity contribution is 0.665. The zero-order valence-electron chi connectivity index (χ0n) is 8.35. The molecule has 0 unspecified atom stereocenters. The summed E-state index contributed by atoms with van der Waals surface area (Å²) in [5, 5.41) is 11.0. The minimum Gasteiger partial charge on any atom is -0.313 e. The van der Waals surface area contributed by atoms with Gasteiger partial charge in [0.15, 0.2) is 0 Å². The van der Waals surface area contributed by atoms with Crippen molar-refractivity contribution < 1.29 is 0 Å². The van der Waals surface area contributed by atoms with E-state index < -0.39 is 0 Å². The van der Waals surface area contributed by atoms with Crippen molar-refractivity contribution in [2.24, 2.45) is 0 Å². The molecule has 2 rings (SSSR count). The molecule has 0 radical (unpaired) electrons. The van der Waals surface area contributed by atoms with Crippen LogP contribution in [0.15, 0.2) is 0 Å². The van der Waals surface area contributed by atoms with Crippen molar-refractivity contribution in [3.8, 4) is 0 Å². The highest BCUT2D eigenvalue weighted by Crippen LogP contribution is 2.21. The normalized spacial score (nSPS) is 17.2. The highest BCUT2D eigenvalue weighted by molar-refractivity contribution is 5.28. The smallest absolute Gasteiger partial charge is 0.0695 e. The number of hydrogen-bond acceptors (Lipinski definition) is 2. The molecule has 3 heteroatoms. The molecule has 2 heterocycles. The van der Waals surface area contributed by atoms with Crippen LogP contribution in [0.3, 0.4) is 0 Å². The number of nitrogens with one attached hydrogen (secondary N) is 2. The lowest BCUT2D eigenvalue weighted by atomic mass is 10.0. The lowest BCUT2D eigenvalue weighted by Crippen LogP contribution is -2.13. The standard InChI is InChI=1S/C10H17N3/c1-7(2)10-8-6-11-5-3-4-9(8)12-13-10/h7,11H,3-6H2,1-2H3,(H,12,13). The van der Waals surface area contributed by atoms with Crippen LogP contribution in [0.5, 0.6) is 0 Å². The van der Waals surface area contributed by atoms with Gasteiger partial charge in [-0.05, 0) is 25.3 Å². The van der Waals surface area contributed by atoms with Crippen molar-refractivity contribution in [1.82, 2.24) is 15.5 Å². The van der Waals surface area contributed by atoms with Crippen LogP contribution in [-0.4, -0.2) is 16.7 Å². The molecule has 1 aliphatic heterocycles. The van der Waals surface area contributed by atoms with E-state index in [9.17, 15) is 0 Å². The second-order valence-corrected chi connectivity index (χ2v) is 4.00. The number of aryl methyl sites for hydroxylation is 1. The van der Waals surface area contributed by atoms with E-state index >= 15 is 0 Å². The molecule has 0 spiro atoms. The second kappa shape index (κ2) is 3.50. The van der Waals surface area contributed by atoms with Gasteiger partial charge in [-0.3, -0.25) is 5.10 Å². The van der Waals surface area contributed by atoms with Crippen molar-refractivity contribution in [2.45, 2.75) is 39.2 Å². The molecule has 1 aromatic heterocycles. The van der Waals surface area contributed by atoms with Crippen LogP contribution in [0.25, 0.3) is 0 Å². The molecular formula is C10H17N3. The number of fused-ring (bicyclic) bond motifs is 1. The predicted molar refractivity (Wildman–Crippen MR) is 52.7 cm³/mol. The van der Waals surface area contributed by atoms with E-state index in [2.05, 4.69) is 29.4 Å². The van der Waals surface area contributed by atoms with Crippen LogP contribution < -0.4 is 5.32 Å². The summed E-state index contributed by atoms with van der Waals surface area (Å²) < 4.78 is 0. The molecule has 0 atom stereocenters. The first kappa shape index (κ1) is 8.75. The minimum absolute atomic E-state index is 0.528. The summed E-state index contributed by atoms with van der Waals surface area (Å²) >= 11 is 0. The van der Waals surface area contributed by atoms with Crippen LogP contribution in [0, 0.1) is 0 Å². The van der Waals surface area contributed by atoms with E-state index in [4.69, 9.17) is 0 Å². The van der Waals surface area contributed by atoms with Crippen LogP contribution in [-0.2, 0) is 13.0 Å². The Hall–Kier alpha value is -0.830. The number of nitrogens with zero attached hydrogens (tertiary/aromatic N) is 1. The lowest BCUT2D eigenvalue weighted by Gasteiger charge is -2.04. The maximum atomic E-state index is 4.37. The van der Waals surface area contributed by atoms with Crippen molar-refractivity contribution >= 4 is 0 Å². The highest BCUT2D eigenvalue weighted by atomic mass is 15.1. The van der Waals surface area contributed by atoms with Crippen LogP contribution in [0.4, 0.5) is 0 Å². The molecule has 13 heavy (non-hydrogen) atoms. The molecule has 0 aromatic carbocycles. The summed E-state index contributed by atoms with van der Waals surface area (Å²) in [5.41, 5.74) is 3.99. The predicted octanol–water partition coefficient (Wildman–Crippen LogP) is 1.57. The fraction of sp³-hybridized carbons (Fsp3) is 0.700. The molecule has 0 fully saturated rings. The molecule has 0 saturated heterocycles. The maximum Gasteiger partial charge on any atom is 0.0695 e. The summed E-state index contributed by atoms with van der Waals surface area (Å²) in [6.07, 6.45) is 2.36. The van der Waals surface area contributed by atoms with Crippen molar-refractivity contribution in [1.29, 1.82) is 0 Å². The topological polar surface area (TPSA) is 40.7 Å². The second-order valence-electron chi connectivity index (χ2n) is 4.00. The van der Waals surface area contributed by atoms with Gasteiger partial charge in [0, 0.05) is 17.8 Å². The van der Waals surface area contributed by atoms with Gasteiger partial charge in [-0.1, -0.05) is 13.8 Å². The Morgan fingerprint density at radius 2 is 2.23 bits per heavy atom. The van der Waals surface area contributed by atoms with E-state index in [0.717, 1.165) is 19.5 Å². The molecule has 3 nitrogen and oxygen atoms in total. The Labute approximate surface area is 78.9 Å². The Kier molecular flexibility index (Phi) is 2.36. The zero-order valence-corrected chi connectivity index (χ0v) is 8.35. The fourth-order valence-corrected chi connectivity index (χ4v) is 1.90. The minimum atomic E-state index is 0.528. The fourth-order valence-electron chi connectivity index (χ4n) is 1.90. The molecule has 0 saturated carbocycles. The molecule has 0 bridgehead atoms. The van der Waals surface area contributed by atoms with E-state index in [0.29, 0.717) is 5.92 Å². The third-order valence-corrected chi connectivity index (χ3v) is 2.61. The van der Waals surface area contributed by atoms with Gasteiger partial charge in [0.1, 0.15) is 0 Å². The number of rotatable bonds is 1. The van der Waals surface area contributed by atoms with E-state index in [-0.39, 0.29) is 0 Å². The summed E-state index contributed by atoms with van der Waals surface area (Å²) in [6.45, 7) is 6.50. The third-order valence-electron chi connectivity index (χ3n) is 2.61. The first-order valence-corrected chi connectivity index (χ1v) is 5.05. The first-order chi connectivity index (χ1) is 6.29.